The summed E-state index contributed by atoms with van der Waals surface area (Å²) in [5.74, 6) is 0.0580. The highest BCUT2D eigenvalue weighted by molar-refractivity contribution is 5.94. The number of aliphatic hydroxyl groups is 1. The molecular formula is C14H19NO3. The highest BCUT2D eigenvalue weighted by Gasteiger charge is 2.21. The monoisotopic (exact) mass is 249 g/mol. The second kappa shape index (κ2) is 6.91. The average molecular weight is 249 g/mol. The molecule has 1 aliphatic rings. The number of carbonyl (C=O) groups excluding carboxylic acids is 2. The van der Waals surface area contributed by atoms with E-state index in [1.54, 1.807) is 17.9 Å². The van der Waals surface area contributed by atoms with Gasteiger partial charge in [-0.1, -0.05) is 6.92 Å². The lowest BCUT2D eigenvalue weighted by Gasteiger charge is -2.14. The van der Waals surface area contributed by atoms with Crippen molar-refractivity contribution >= 4 is 17.9 Å². The van der Waals surface area contributed by atoms with Crippen molar-refractivity contribution in [1.29, 1.82) is 0 Å². The van der Waals surface area contributed by atoms with Gasteiger partial charge in [-0.15, -0.1) is 0 Å². The predicted molar refractivity (Wildman–Crippen MR) is 70.9 cm³/mol. The number of nitrogens with zero attached hydrogens (tertiary/aromatic N) is 1. The number of carbonyl (C=O) groups is 2. The number of hydrogen-bond acceptors (Lipinski definition) is 3. The third-order valence-corrected chi connectivity index (χ3v) is 2.74. The van der Waals surface area contributed by atoms with Gasteiger partial charge in [0.2, 0.25) is 5.91 Å². The van der Waals surface area contributed by atoms with E-state index < -0.39 is 0 Å². The van der Waals surface area contributed by atoms with E-state index in [2.05, 4.69) is 0 Å². The molecule has 1 aliphatic heterocycles. The number of benzene rings is 1. The van der Waals surface area contributed by atoms with Crippen molar-refractivity contribution in [2.45, 2.75) is 26.7 Å². The van der Waals surface area contributed by atoms with Crippen LogP contribution in [0.4, 0.5) is 5.69 Å². The van der Waals surface area contributed by atoms with Crippen molar-refractivity contribution in [3.63, 3.8) is 0 Å². The first-order valence-corrected chi connectivity index (χ1v) is 6.11. The third kappa shape index (κ3) is 3.40. The van der Waals surface area contributed by atoms with E-state index in [1.165, 1.54) is 0 Å². The topological polar surface area (TPSA) is 57.6 Å². The van der Waals surface area contributed by atoms with Gasteiger partial charge in [0.15, 0.2) is 0 Å². The summed E-state index contributed by atoms with van der Waals surface area (Å²) in [5, 5.41) is 7.88. The number of aldehydes is 1. The molecule has 0 fully saturated rings. The number of aliphatic hydroxyl groups excluding tert-OH is 1. The Bertz CT molecular complexity index is 427. The summed E-state index contributed by atoms with van der Waals surface area (Å²) < 4.78 is 0. The van der Waals surface area contributed by atoms with Crippen LogP contribution < -0.4 is 4.90 Å². The number of rotatable bonds is 2. The van der Waals surface area contributed by atoms with E-state index in [-0.39, 0.29) is 5.91 Å². The molecule has 0 bridgehead atoms. The Morgan fingerprint density at radius 3 is 2.67 bits per heavy atom. The third-order valence-electron chi connectivity index (χ3n) is 2.74. The van der Waals surface area contributed by atoms with Crippen LogP contribution in [0.15, 0.2) is 18.2 Å². The van der Waals surface area contributed by atoms with Crippen LogP contribution >= 0.6 is 0 Å². The van der Waals surface area contributed by atoms with Crippen molar-refractivity contribution in [2.75, 3.05) is 18.1 Å². The van der Waals surface area contributed by atoms with Gasteiger partial charge in [0.1, 0.15) is 6.29 Å². The number of hydrogen-bond donors (Lipinski definition) is 1. The van der Waals surface area contributed by atoms with Crippen LogP contribution in [0.1, 0.15) is 36.2 Å². The molecule has 1 heterocycles. The maximum Gasteiger partial charge on any atom is 0.223 e. The van der Waals surface area contributed by atoms with Crippen LogP contribution in [-0.2, 0) is 11.2 Å². The first-order chi connectivity index (χ1) is 8.63. The van der Waals surface area contributed by atoms with E-state index in [0.717, 1.165) is 36.9 Å². The van der Waals surface area contributed by atoms with Crippen LogP contribution in [0, 0.1) is 0 Å². The fraction of sp³-hybridized carbons (Fsp3) is 0.429. The molecule has 0 saturated carbocycles. The molecule has 2 rings (SSSR count). The minimum atomic E-state index is 0.0580. The fourth-order valence-corrected chi connectivity index (χ4v) is 1.82. The smallest absolute Gasteiger partial charge is 0.223 e. The fourth-order valence-electron chi connectivity index (χ4n) is 1.82. The Balaban J connectivity index is 0.000000357. The Morgan fingerprint density at radius 2 is 2.17 bits per heavy atom. The molecule has 0 aromatic heterocycles. The summed E-state index contributed by atoms with van der Waals surface area (Å²) in [6.45, 7) is 4.54. The molecule has 4 nitrogen and oxygen atoms in total. The van der Waals surface area contributed by atoms with E-state index in [9.17, 15) is 9.59 Å². The van der Waals surface area contributed by atoms with Crippen molar-refractivity contribution in [1.82, 2.24) is 0 Å². The summed E-state index contributed by atoms with van der Waals surface area (Å²) in [5.41, 5.74) is 2.71. The molecular weight excluding hydrogens is 230 g/mol. The first kappa shape index (κ1) is 14.4. The van der Waals surface area contributed by atoms with E-state index in [0.29, 0.717) is 12.2 Å². The van der Waals surface area contributed by atoms with Crippen LogP contribution in [0.5, 0.6) is 0 Å². The Hall–Kier alpha value is -1.68. The minimum absolute atomic E-state index is 0.0580. The van der Waals surface area contributed by atoms with Gasteiger partial charge in [-0.2, -0.15) is 0 Å². The van der Waals surface area contributed by atoms with Crippen molar-refractivity contribution in [3.8, 4) is 0 Å². The number of anilines is 1. The second-order valence-corrected chi connectivity index (χ2v) is 4.15. The Morgan fingerprint density at radius 1 is 1.50 bits per heavy atom. The SMILES string of the molecule is CC(=O)N1CCc2cc(C=O)ccc21.CCCO. The van der Waals surface area contributed by atoms with Crippen LogP contribution in [-0.4, -0.2) is 30.5 Å². The van der Waals surface area contributed by atoms with Crippen LogP contribution in [0.3, 0.4) is 0 Å². The van der Waals surface area contributed by atoms with Gasteiger partial charge in [-0.25, -0.2) is 0 Å². The molecule has 0 aliphatic carbocycles. The zero-order valence-electron chi connectivity index (χ0n) is 10.8. The lowest BCUT2D eigenvalue weighted by molar-refractivity contribution is -0.116. The standard InChI is InChI=1S/C11H11NO2.C3H8O/c1-8(14)12-5-4-10-6-9(7-13)2-3-11(10)12;1-2-3-4/h2-3,6-7H,4-5H2,1H3;4H,2-3H2,1H3. The minimum Gasteiger partial charge on any atom is -0.396 e. The lowest BCUT2D eigenvalue weighted by atomic mass is 10.1. The lowest BCUT2D eigenvalue weighted by Crippen LogP contribution is -2.25. The molecule has 18 heavy (non-hydrogen) atoms. The van der Waals surface area contributed by atoms with E-state index >= 15 is 0 Å². The molecule has 1 amide bonds. The molecule has 4 heteroatoms. The van der Waals surface area contributed by atoms with Crippen molar-refractivity contribution < 1.29 is 14.7 Å². The molecule has 0 radical (unpaired) electrons. The normalized spacial score (nSPS) is 12.5. The van der Waals surface area contributed by atoms with Gasteiger partial charge in [0.25, 0.3) is 0 Å². The quantitative estimate of drug-likeness (QED) is 0.813. The number of fused-ring (bicyclic) bond motifs is 1. The molecule has 1 aromatic rings. The summed E-state index contributed by atoms with van der Waals surface area (Å²) in [6, 6.07) is 5.44. The molecule has 0 saturated heterocycles. The molecule has 98 valence electrons. The van der Waals surface area contributed by atoms with Gasteiger partial charge in [0, 0.05) is 31.3 Å². The summed E-state index contributed by atoms with van der Waals surface area (Å²) in [6.07, 6.45) is 2.55. The predicted octanol–water partition coefficient (Wildman–Crippen LogP) is 1.80. The Labute approximate surface area is 107 Å². The summed E-state index contributed by atoms with van der Waals surface area (Å²) in [7, 11) is 0. The average Bonchev–Trinajstić information content (AvgIpc) is 2.81. The van der Waals surface area contributed by atoms with Gasteiger partial charge < -0.3 is 10.0 Å². The maximum atomic E-state index is 11.2. The van der Waals surface area contributed by atoms with Crippen LogP contribution in [0.2, 0.25) is 0 Å². The molecule has 1 aromatic carbocycles. The summed E-state index contributed by atoms with van der Waals surface area (Å²) >= 11 is 0. The zero-order chi connectivity index (χ0) is 13.5. The zero-order valence-corrected chi connectivity index (χ0v) is 10.8. The van der Waals surface area contributed by atoms with Gasteiger partial charge >= 0.3 is 0 Å². The van der Waals surface area contributed by atoms with Crippen LogP contribution in [0.25, 0.3) is 0 Å². The maximum absolute atomic E-state index is 11.2. The van der Waals surface area contributed by atoms with E-state index in [1.807, 2.05) is 19.1 Å². The Kier molecular flexibility index (Phi) is 5.52. The van der Waals surface area contributed by atoms with Crippen molar-refractivity contribution in [3.05, 3.63) is 29.3 Å². The second-order valence-electron chi connectivity index (χ2n) is 4.15. The number of amides is 1. The van der Waals surface area contributed by atoms with Gasteiger partial charge in [-0.3, -0.25) is 9.59 Å². The highest BCUT2D eigenvalue weighted by atomic mass is 16.2. The van der Waals surface area contributed by atoms with E-state index in [4.69, 9.17) is 5.11 Å². The van der Waals surface area contributed by atoms with Gasteiger partial charge in [0.05, 0.1) is 0 Å². The molecule has 1 N–H and O–H groups in total. The molecule has 0 spiro atoms. The molecule has 0 unspecified atom stereocenters. The largest absolute Gasteiger partial charge is 0.396 e. The first-order valence-electron chi connectivity index (χ1n) is 6.11. The summed E-state index contributed by atoms with van der Waals surface area (Å²) in [4.78, 5) is 23.5. The highest BCUT2D eigenvalue weighted by Crippen LogP contribution is 2.28. The molecule has 0 atom stereocenters. The van der Waals surface area contributed by atoms with Gasteiger partial charge in [-0.05, 0) is 36.6 Å². The van der Waals surface area contributed by atoms with Crippen molar-refractivity contribution in [2.24, 2.45) is 0 Å².